The van der Waals surface area contributed by atoms with Crippen molar-refractivity contribution >= 4 is 27.7 Å². The second kappa shape index (κ2) is 9.45. The van der Waals surface area contributed by atoms with Crippen molar-refractivity contribution < 1.29 is 17.9 Å². The maximum absolute atomic E-state index is 12.7. The first kappa shape index (κ1) is 22.3. The van der Waals surface area contributed by atoms with E-state index in [2.05, 4.69) is 5.32 Å². The third kappa shape index (κ3) is 5.27. The largest absolute Gasteiger partial charge is 0.496 e. The van der Waals surface area contributed by atoms with Gasteiger partial charge in [0.1, 0.15) is 5.75 Å². The van der Waals surface area contributed by atoms with Crippen LogP contribution in [0.4, 0.5) is 0 Å². The summed E-state index contributed by atoms with van der Waals surface area (Å²) in [5.41, 5.74) is 1.67. The Hall–Kier alpha value is -2.03. The molecule has 2 aromatic rings. The number of ether oxygens (including phenoxy) is 1. The normalized spacial score (nSPS) is 12.6. The zero-order chi connectivity index (χ0) is 20.9. The highest BCUT2D eigenvalue weighted by atomic mass is 32.2. The number of methoxy groups -OCH3 is 1. The van der Waals surface area contributed by atoms with Crippen molar-refractivity contribution in [3.05, 3.63) is 53.6 Å². The van der Waals surface area contributed by atoms with E-state index in [4.69, 9.17) is 4.74 Å². The van der Waals surface area contributed by atoms with E-state index in [1.165, 1.54) is 20.2 Å². The molecule has 28 heavy (non-hydrogen) atoms. The summed E-state index contributed by atoms with van der Waals surface area (Å²) >= 11 is 1.65. The van der Waals surface area contributed by atoms with E-state index >= 15 is 0 Å². The van der Waals surface area contributed by atoms with Crippen LogP contribution in [0.2, 0.25) is 0 Å². The van der Waals surface area contributed by atoms with Crippen molar-refractivity contribution in [2.75, 3.05) is 27.0 Å². The molecule has 2 aromatic carbocycles. The lowest BCUT2D eigenvalue weighted by atomic mass is 10.1. The Bertz CT molecular complexity index is 928. The molecule has 0 spiro atoms. The van der Waals surface area contributed by atoms with Gasteiger partial charge in [0.05, 0.1) is 24.6 Å². The van der Waals surface area contributed by atoms with Gasteiger partial charge in [0.2, 0.25) is 15.9 Å². The molecule has 0 radical (unpaired) electrons. The number of amides is 1. The van der Waals surface area contributed by atoms with Gasteiger partial charge >= 0.3 is 0 Å². The standard InChI is InChI=1S/C20H26N2O4S2/c1-14-12-18(10-11-19(14)26-4)28(24,25)22(3)13-20(23)21-15(2)16-6-8-17(27-5)9-7-16/h6-12,15H,13H2,1-5H3,(H,21,23)/t15-/m0/s1. The molecule has 0 bridgehead atoms. The van der Waals surface area contributed by atoms with Gasteiger partial charge < -0.3 is 10.1 Å². The van der Waals surface area contributed by atoms with Crippen LogP contribution < -0.4 is 10.1 Å². The van der Waals surface area contributed by atoms with E-state index in [1.54, 1.807) is 30.8 Å². The third-order valence-electron chi connectivity index (χ3n) is 4.43. The van der Waals surface area contributed by atoms with Crippen LogP contribution in [-0.4, -0.2) is 45.6 Å². The fraction of sp³-hybridized carbons (Fsp3) is 0.350. The lowest BCUT2D eigenvalue weighted by molar-refractivity contribution is -0.121. The smallest absolute Gasteiger partial charge is 0.243 e. The summed E-state index contributed by atoms with van der Waals surface area (Å²) in [5, 5.41) is 2.85. The topological polar surface area (TPSA) is 75.7 Å². The number of nitrogens with zero attached hydrogens (tertiary/aromatic N) is 1. The monoisotopic (exact) mass is 422 g/mol. The zero-order valence-electron chi connectivity index (χ0n) is 16.7. The summed E-state index contributed by atoms with van der Waals surface area (Å²) in [6.45, 7) is 3.38. The number of likely N-dealkylation sites (N-methyl/N-ethyl adjacent to an activating group) is 1. The van der Waals surface area contributed by atoms with E-state index in [1.807, 2.05) is 37.4 Å². The molecular formula is C20H26N2O4S2. The highest BCUT2D eigenvalue weighted by Crippen LogP contribution is 2.23. The van der Waals surface area contributed by atoms with Crippen LogP contribution in [0.15, 0.2) is 52.3 Å². The van der Waals surface area contributed by atoms with Gasteiger partial charge in [-0.1, -0.05) is 12.1 Å². The first-order valence-electron chi connectivity index (χ1n) is 8.73. The van der Waals surface area contributed by atoms with Gasteiger partial charge in [-0.15, -0.1) is 11.8 Å². The predicted molar refractivity (Wildman–Crippen MR) is 112 cm³/mol. The number of sulfonamides is 1. The first-order valence-corrected chi connectivity index (χ1v) is 11.4. The van der Waals surface area contributed by atoms with Crippen molar-refractivity contribution in [2.45, 2.75) is 29.7 Å². The van der Waals surface area contributed by atoms with Gasteiger partial charge in [-0.05, 0) is 61.6 Å². The Labute approximate surface area is 171 Å². The van der Waals surface area contributed by atoms with Crippen LogP contribution >= 0.6 is 11.8 Å². The summed E-state index contributed by atoms with van der Waals surface area (Å²) in [4.78, 5) is 13.6. The van der Waals surface area contributed by atoms with Gasteiger partial charge in [-0.3, -0.25) is 4.79 Å². The molecular weight excluding hydrogens is 396 g/mol. The molecule has 152 valence electrons. The Morgan fingerprint density at radius 1 is 1.21 bits per heavy atom. The summed E-state index contributed by atoms with van der Waals surface area (Å²) in [5.74, 6) is 0.249. The van der Waals surface area contributed by atoms with Gasteiger partial charge in [0.25, 0.3) is 0 Å². The minimum atomic E-state index is -3.78. The van der Waals surface area contributed by atoms with Crippen LogP contribution in [0.25, 0.3) is 0 Å². The van der Waals surface area contributed by atoms with Crippen molar-refractivity contribution in [2.24, 2.45) is 0 Å². The Kier molecular flexibility index (Phi) is 7.51. The van der Waals surface area contributed by atoms with Gasteiger partial charge in [-0.25, -0.2) is 8.42 Å². The number of aryl methyl sites for hydroxylation is 1. The molecule has 0 saturated carbocycles. The summed E-state index contributed by atoms with van der Waals surface area (Å²) in [6, 6.07) is 12.3. The van der Waals surface area contributed by atoms with Crippen LogP contribution in [0.5, 0.6) is 5.75 Å². The van der Waals surface area contributed by atoms with Gasteiger partial charge in [-0.2, -0.15) is 4.31 Å². The molecule has 0 heterocycles. The van der Waals surface area contributed by atoms with Crippen LogP contribution in [0, 0.1) is 6.92 Å². The summed E-state index contributed by atoms with van der Waals surface area (Å²) < 4.78 is 31.7. The number of benzene rings is 2. The number of thioether (sulfide) groups is 1. The molecule has 0 aliphatic rings. The van der Waals surface area contributed by atoms with Crippen molar-refractivity contribution in [3.63, 3.8) is 0 Å². The molecule has 2 rings (SSSR count). The number of nitrogens with one attached hydrogen (secondary N) is 1. The second-order valence-electron chi connectivity index (χ2n) is 6.45. The predicted octanol–water partition coefficient (Wildman–Crippen LogP) is 3.22. The van der Waals surface area contributed by atoms with E-state index in [-0.39, 0.29) is 23.4 Å². The fourth-order valence-corrected chi connectivity index (χ4v) is 4.36. The number of hydrogen-bond donors (Lipinski definition) is 1. The summed E-state index contributed by atoms with van der Waals surface area (Å²) in [6.07, 6.45) is 2.00. The maximum atomic E-state index is 12.7. The highest BCUT2D eigenvalue weighted by molar-refractivity contribution is 7.98. The van der Waals surface area contributed by atoms with Gasteiger partial charge in [0, 0.05) is 11.9 Å². The van der Waals surface area contributed by atoms with Crippen molar-refractivity contribution in [1.29, 1.82) is 0 Å². The van der Waals surface area contributed by atoms with Crippen LogP contribution in [-0.2, 0) is 14.8 Å². The first-order chi connectivity index (χ1) is 13.2. The molecule has 6 nitrogen and oxygen atoms in total. The second-order valence-corrected chi connectivity index (χ2v) is 9.38. The number of carbonyl (C=O) groups is 1. The average molecular weight is 423 g/mol. The molecule has 0 aliphatic carbocycles. The fourth-order valence-electron chi connectivity index (χ4n) is 2.74. The number of hydrogen-bond acceptors (Lipinski definition) is 5. The number of rotatable bonds is 8. The maximum Gasteiger partial charge on any atom is 0.243 e. The third-order valence-corrected chi connectivity index (χ3v) is 6.98. The van der Waals surface area contributed by atoms with Crippen LogP contribution in [0.1, 0.15) is 24.1 Å². The Morgan fingerprint density at radius 3 is 2.39 bits per heavy atom. The highest BCUT2D eigenvalue weighted by Gasteiger charge is 2.24. The molecule has 0 unspecified atom stereocenters. The minimum absolute atomic E-state index is 0.127. The molecule has 0 aliphatic heterocycles. The van der Waals surface area contributed by atoms with E-state index in [0.29, 0.717) is 11.3 Å². The van der Waals surface area contributed by atoms with Crippen molar-refractivity contribution in [3.8, 4) is 5.75 Å². The van der Waals surface area contributed by atoms with Gasteiger partial charge in [0.15, 0.2) is 0 Å². The van der Waals surface area contributed by atoms with Crippen LogP contribution in [0.3, 0.4) is 0 Å². The molecule has 0 aromatic heterocycles. The quantitative estimate of drug-likeness (QED) is 0.661. The lowest BCUT2D eigenvalue weighted by Crippen LogP contribution is -2.39. The lowest BCUT2D eigenvalue weighted by Gasteiger charge is -2.20. The minimum Gasteiger partial charge on any atom is -0.496 e. The van der Waals surface area contributed by atoms with E-state index < -0.39 is 10.0 Å². The molecule has 1 N–H and O–H groups in total. The average Bonchev–Trinajstić information content (AvgIpc) is 2.67. The van der Waals surface area contributed by atoms with E-state index in [0.717, 1.165) is 14.8 Å². The Balaban J connectivity index is 2.04. The number of carbonyl (C=O) groups excluding carboxylic acids is 1. The zero-order valence-corrected chi connectivity index (χ0v) is 18.4. The molecule has 0 saturated heterocycles. The SMILES string of the molecule is COc1ccc(S(=O)(=O)N(C)CC(=O)N[C@@H](C)c2ccc(SC)cc2)cc1C. The van der Waals surface area contributed by atoms with Crippen molar-refractivity contribution in [1.82, 2.24) is 9.62 Å². The molecule has 1 atom stereocenters. The Morgan fingerprint density at radius 2 is 1.86 bits per heavy atom. The summed E-state index contributed by atoms with van der Waals surface area (Å²) in [7, 11) is -0.851. The molecule has 8 heteroatoms. The molecule has 1 amide bonds. The molecule has 0 fully saturated rings. The van der Waals surface area contributed by atoms with E-state index in [9.17, 15) is 13.2 Å².